The molecule has 0 atom stereocenters. The van der Waals surface area contributed by atoms with E-state index in [9.17, 15) is 42.3 Å². The number of alkyl halides is 3. The summed E-state index contributed by atoms with van der Waals surface area (Å²) in [6, 6.07) is 18.8. The third-order valence-corrected chi connectivity index (χ3v) is 7.68. The summed E-state index contributed by atoms with van der Waals surface area (Å²) in [4.78, 5) is 70.8. The molecule has 0 saturated carbocycles. The zero-order valence-corrected chi connectivity index (χ0v) is 28.5. The van der Waals surface area contributed by atoms with Crippen LogP contribution in [0, 0.1) is 5.92 Å². The second-order valence-corrected chi connectivity index (χ2v) is 12.4. The van der Waals surface area contributed by atoms with E-state index >= 15 is 0 Å². The Morgan fingerprint density at radius 3 is 1.45 bits per heavy atom. The first-order chi connectivity index (χ1) is 24.0. The van der Waals surface area contributed by atoms with Crippen LogP contribution in [0.4, 0.5) is 13.2 Å². The molecular weight excluding hydrogens is 669 g/mol. The summed E-state index contributed by atoms with van der Waals surface area (Å²) < 4.78 is 39.7. The highest BCUT2D eigenvalue weighted by atomic mass is 19.4. The Labute approximate surface area is 294 Å². The van der Waals surface area contributed by atoms with Gasteiger partial charge in [0.25, 0.3) is 0 Å². The molecule has 0 radical (unpaired) electrons. The number of phenols is 1. The third-order valence-electron chi connectivity index (χ3n) is 7.68. The minimum absolute atomic E-state index is 0.0171. The van der Waals surface area contributed by atoms with E-state index in [1.165, 1.54) is 34.1 Å². The van der Waals surface area contributed by atoms with Crippen LogP contribution in [0.5, 0.6) is 5.75 Å². The fourth-order valence-electron chi connectivity index (χ4n) is 5.14. The quantitative estimate of drug-likeness (QED) is 0.193. The minimum atomic E-state index is -4.59. The van der Waals surface area contributed by atoms with Gasteiger partial charge in [0.1, 0.15) is 18.8 Å². The van der Waals surface area contributed by atoms with Crippen molar-refractivity contribution in [3.63, 3.8) is 0 Å². The van der Waals surface area contributed by atoms with E-state index < -0.39 is 67.5 Å². The van der Waals surface area contributed by atoms with Crippen molar-refractivity contribution in [2.24, 2.45) is 17.4 Å². The Balaban J connectivity index is 1.96. The summed E-state index contributed by atoms with van der Waals surface area (Å²) in [5.74, 6) is -3.37. The van der Waals surface area contributed by atoms with E-state index in [-0.39, 0.29) is 50.0 Å². The van der Waals surface area contributed by atoms with Gasteiger partial charge in [-0.1, -0.05) is 68.4 Å². The fraction of sp³-hybridized carbons (Fsp3) is 0.361. The largest absolute Gasteiger partial charge is 0.508 e. The topological polar surface area (TPSA) is 171 Å². The Morgan fingerprint density at radius 2 is 1.04 bits per heavy atom. The number of hydrogen-bond donors (Lipinski definition) is 3. The second-order valence-electron chi connectivity index (χ2n) is 12.4. The van der Waals surface area contributed by atoms with Crippen molar-refractivity contribution >= 4 is 29.5 Å². The number of benzene rings is 3. The number of carbonyl (C=O) groups excluding carboxylic acids is 5. The van der Waals surface area contributed by atoms with Gasteiger partial charge in [0.2, 0.25) is 29.5 Å². The molecule has 0 fully saturated rings. The monoisotopic (exact) mass is 712 g/mol. The number of amides is 5. The third kappa shape index (κ3) is 13.1. The number of aromatic hydroxyl groups is 1. The lowest BCUT2D eigenvalue weighted by atomic mass is 10.1. The number of hydrogen-bond acceptors (Lipinski definition) is 7. The minimum Gasteiger partial charge on any atom is -0.508 e. The Bertz CT molecular complexity index is 1640. The number of phenolic OH excluding ortho intramolecular Hbond substituents is 1. The normalized spacial score (nSPS) is 11.2. The second kappa shape index (κ2) is 18.5. The number of nitrogens with zero attached hydrogens (tertiary/aromatic N) is 4. The van der Waals surface area contributed by atoms with Crippen molar-refractivity contribution in [2.45, 2.75) is 39.7 Å². The van der Waals surface area contributed by atoms with Crippen LogP contribution in [0.3, 0.4) is 0 Å². The molecule has 15 heteroatoms. The van der Waals surface area contributed by atoms with Gasteiger partial charge in [0.15, 0.2) is 0 Å². The molecule has 5 amide bonds. The molecule has 0 aromatic heterocycles. The fourth-order valence-corrected chi connectivity index (χ4v) is 5.14. The SMILES string of the molecule is CC(C)CN(CC(=O)N(CC(=O)N(CC(=O)N(CC(N)=O)Cc1ccccc1)Cc1ccc(O)cc1)Cc1ccc(C(F)(F)F)cc1)C(=O)CN. The molecule has 0 saturated heterocycles. The van der Waals surface area contributed by atoms with Crippen LogP contribution in [-0.4, -0.2) is 93.5 Å². The molecular formula is C36H43F3N6O6. The summed E-state index contributed by atoms with van der Waals surface area (Å²) in [6.45, 7) is 1.02. The van der Waals surface area contributed by atoms with E-state index in [1.54, 1.807) is 42.5 Å². The van der Waals surface area contributed by atoms with Crippen molar-refractivity contribution in [3.8, 4) is 5.75 Å². The van der Waals surface area contributed by atoms with E-state index in [2.05, 4.69) is 0 Å². The Hall–Kier alpha value is -5.44. The summed E-state index contributed by atoms with van der Waals surface area (Å²) >= 11 is 0. The van der Waals surface area contributed by atoms with Crippen molar-refractivity contribution in [2.75, 3.05) is 39.3 Å². The lowest BCUT2D eigenvalue weighted by Gasteiger charge is -2.31. The Morgan fingerprint density at radius 1 is 0.627 bits per heavy atom. The van der Waals surface area contributed by atoms with Crippen molar-refractivity contribution in [1.82, 2.24) is 19.6 Å². The van der Waals surface area contributed by atoms with Crippen LogP contribution in [0.15, 0.2) is 78.9 Å². The molecule has 12 nitrogen and oxygen atoms in total. The molecule has 5 N–H and O–H groups in total. The van der Waals surface area contributed by atoms with Crippen LogP contribution in [0.25, 0.3) is 0 Å². The molecule has 0 spiro atoms. The molecule has 0 unspecified atom stereocenters. The number of primary amides is 1. The van der Waals surface area contributed by atoms with Crippen molar-refractivity contribution in [1.29, 1.82) is 0 Å². The van der Waals surface area contributed by atoms with Gasteiger partial charge in [0, 0.05) is 26.2 Å². The van der Waals surface area contributed by atoms with Crippen LogP contribution < -0.4 is 11.5 Å². The van der Waals surface area contributed by atoms with Crippen molar-refractivity contribution < 1.29 is 42.3 Å². The van der Waals surface area contributed by atoms with Crippen molar-refractivity contribution in [3.05, 3.63) is 101 Å². The maximum atomic E-state index is 14.1. The summed E-state index contributed by atoms with van der Waals surface area (Å²) in [5.41, 5.74) is 11.6. The van der Waals surface area contributed by atoms with Gasteiger partial charge in [-0.3, -0.25) is 24.0 Å². The molecule has 51 heavy (non-hydrogen) atoms. The van der Waals surface area contributed by atoms with Gasteiger partial charge in [-0.15, -0.1) is 0 Å². The van der Waals surface area contributed by atoms with Crippen LogP contribution >= 0.6 is 0 Å². The summed E-state index contributed by atoms with van der Waals surface area (Å²) in [7, 11) is 0. The van der Waals surface area contributed by atoms with Gasteiger partial charge < -0.3 is 36.2 Å². The number of halogens is 3. The van der Waals surface area contributed by atoms with Crippen LogP contribution in [-0.2, 0) is 49.8 Å². The average molecular weight is 713 g/mol. The molecule has 274 valence electrons. The first-order valence-corrected chi connectivity index (χ1v) is 16.1. The summed E-state index contributed by atoms with van der Waals surface area (Å²) in [6.07, 6.45) is -4.59. The van der Waals surface area contributed by atoms with Crippen LogP contribution in [0.2, 0.25) is 0 Å². The van der Waals surface area contributed by atoms with Gasteiger partial charge >= 0.3 is 6.18 Å². The number of carbonyl (C=O) groups is 5. The molecule has 3 aromatic carbocycles. The predicted octanol–water partition coefficient (Wildman–Crippen LogP) is 2.73. The van der Waals surface area contributed by atoms with Gasteiger partial charge in [0.05, 0.1) is 25.2 Å². The first-order valence-electron chi connectivity index (χ1n) is 16.1. The zero-order valence-electron chi connectivity index (χ0n) is 28.5. The highest BCUT2D eigenvalue weighted by molar-refractivity contribution is 5.91. The highest BCUT2D eigenvalue weighted by Gasteiger charge is 2.31. The molecule has 0 aliphatic carbocycles. The lowest BCUT2D eigenvalue weighted by Crippen LogP contribution is -2.50. The highest BCUT2D eigenvalue weighted by Crippen LogP contribution is 2.29. The van der Waals surface area contributed by atoms with Gasteiger partial charge in [-0.2, -0.15) is 13.2 Å². The molecule has 3 aromatic rings. The van der Waals surface area contributed by atoms with Gasteiger partial charge in [-0.05, 0) is 46.9 Å². The maximum absolute atomic E-state index is 14.1. The van der Waals surface area contributed by atoms with E-state index in [4.69, 9.17) is 11.5 Å². The average Bonchev–Trinajstić information content (AvgIpc) is 3.07. The van der Waals surface area contributed by atoms with E-state index in [0.29, 0.717) is 11.1 Å². The number of nitrogens with two attached hydrogens (primary N) is 2. The first kappa shape index (κ1) is 40.0. The molecule has 3 rings (SSSR count). The molecule has 0 aliphatic heterocycles. The van der Waals surface area contributed by atoms with Gasteiger partial charge in [-0.25, -0.2) is 0 Å². The Kier molecular flexibility index (Phi) is 14.5. The van der Waals surface area contributed by atoms with Crippen LogP contribution in [0.1, 0.15) is 36.1 Å². The smallest absolute Gasteiger partial charge is 0.416 e. The van der Waals surface area contributed by atoms with E-state index in [1.807, 2.05) is 13.8 Å². The predicted molar refractivity (Wildman–Crippen MR) is 182 cm³/mol. The van der Waals surface area contributed by atoms with E-state index in [0.717, 1.165) is 21.9 Å². The molecule has 0 aliphatic rings. The zero-order chi connectivity index (χ0) is 37.7. The molecule has 0 heterocycles. The molecule has 0 bridgehead atoms. The summed E-state index contributed by atoms with van der Waals surface area (Å²) in [5, 5.41) is 9.78. The number of rotatable bonds is 17. The lowest BCUT2D eigenvalue weighted by molar-refractivity contribution is -0.147. The standard InChI is InChI=1S/C36H43F3N6O6/c1-25(2)17-42(32(48)16-40)22-34(50)44(19-27-8-12-29(13-9-27)36(37,38)39)24-35(51)45(20-28-10-14-30(46)15-11-28)23-33(49)43(21-31(41)47)18-26-6-4-3-5-7-26/h3-15,25,46H,16-24,40H2,1-2H3,(H2,41,47). The maximum Gasteiger partial charge on any atom is 0.416 e.